The molecule has 0 bridgehead atoms. The van der Waals surface area contributed by atoms with Crippen molar-refractivity contribution in [3.05, 3.63) is 23.8 Å². The molecule has 1 aliphatic heterocycles. The molecule has 17 heavy (non-hydrogen) atoms. The Morgan fingerprint density at radius 2 is 2.24 bits per heavy atom. The summed E-state index contributed by atoms with van der Waals surface area (Å²) in [5.74, 6) is 1.55. The van der Waals surface area contributed by atoms with Crippen molar-refractivity contribution in [2.45, 2.75) is 25.9 Å². The summed E-state index contributed by atoms with van der Waals surface area (Å²) in [4.78, 5) is 4.21. The van der Waals surface area contributed by atoms with E-state index in [1.807, 2.05) is 12.1 Å². The summed E-state index contributed by atoms with van der Waals surface area (Å²) in [6, 6.07) is 6.07. The van der Waals surface area contributed by atoms with Crippen molar-refractivity contribution in [2.24, 2.45) is 0 Å². The predicted molar refractivity (Wildman–Crippen MR) is 68.2 cm³/mol. The lowest BCUT2D eigenvalue weighted by atomic mass is 10.0. The van der Waals surface area contributed by atoms with Crippen LogP contribution < -0.4 is 10.5 Å². The lowest BCUT2D eigenvalue weighted by Crippen LogP contribution is -2.24. The van der Waals surface area contributed by atoms with Gasteiger partial charge in [0.2, 0.25) is 0 Å². The van der Waals surface area contributed by atoms with Gasteiger partial charge in [-0.1, -0.05) is 12.1 Å². The standard InChI is InChI=1S/C12H13N3OS/c1-12(2)6-7-4-3-5-8(9(7)16-12)10-14-11(13)17-15-10/h3-5H,6H2,1-2H3,(H2,13,14,15). The normalized spacial score (nSPS) is 16.6. The van der Waals surface area contributed by atoms with Gasteiger partial charge in [0.25, 0.3) is 0 Å². The third kappa shape index (κ3) is 1.76. The Labute approximate surface area is 104 Å². The fourth-order valence-electron chi connectivity index (χ4n) is 2.14. The predicted octanol–water partition coefficient (Wildman–Crippen LogP) is 2.50. The molecule has 88 valence electrons. The number of hydrogen-bond donors (Lipinski definition) is 1. The number of nitrogens with two attached hydrogens (primary N) is 1. The maximum Gasteiger partial charge on any atom is 0.200 e. The number of ether oxygens (including phenoxy) is 1. The second kappa shape index (κ2) is 3.43. The number of para-hydroxylation sites is 1. The Morgan fingerprint density at radius 3 is 2.94 bits per heavy atom. The van der Waals surface area contributed by atoms with Crippen LogP contribution >= 0.6 is 11.5 Å². The number of nitrogens with zero attached hydrogens (tertiary/aromatic N) is 2. The molecule has 0 spiro atoms. The molecule has 4 nitrogen and oxygen atoms in total. The van der Waals surface area contributed by atoms with Crippen molar-refractivity contribution >= 4 is 16.7 Å². The lowest BCUT2D eigenvalue weighted by Gasteiger charge is -2.17. The second-order valence-corrected chi connectivity index (χ2v) is 5.57. The van der Waals surface area contributed by atoms with Crippen molar-refractivity contribution in [3.8, 4) is 17.1 Å². The van der Waals surface area contributed by atoms with E-state index in [2.05, 4.69) is 29.3 Å². The first-order valence-corrected chi connectivity index (χ1v) is 6.23. The van der Waals surface area contributed by atoms with Crippen molar-refractivity contribution in [2.75, 3.05) is 5.73 Å². The van der Waals surface area contributed by atoms with Gasteiger partial charge in [0, 0.05) is 18.0 Å². The van der Waals surface area contributed by atoms with Gasteiger partial charge in [0.15, 0.2) is 11.0 Å². The fraction of sp³-hybridized carbons (Fsp3) is 0.333. The summed E-state index contributed by atoms with van der Waals surface area (Å²) in [6.07, 6.45) is 0.912. The minimum absolute atomic E-state index is 0.153. The van der Waals surface area contributed by atoms with Crippen LogP contribution in [0.25, 0.3) is 11.4 Å². The highest BCUT2D eigenvalue weighted by molar-refractivity contribution is 7.09. The number of aromatic nitrogens is 2. The van der Waals surface area contributed by atoms with Gasteiger partial charge in [-0.25, -0.2) is 0 Å². The molecule has 1 aliphatic rings. The van der Waals surface area contributed by atoms with E-state index in [1.54, 1.807) is 0 Å². The number of fused-ring (bicyclic) bond motifs is 1. The maximum absolute atomic E-state index is 5.97. The Morgan fingerprint density at radius 1 is 1.41 bits per heavy atom. The van der Waals surface area contributed by atoms with Gasteiger partial charge >= 0.3 is 0 Å². The van der Waals surface area contributed by atoms with Crippen LogP contribution in [0.2, 0.25) is 0 Å². The molecular formula is C12H13N3OS. The Bertz CT molecular complexity index is 577. The molecule has 2 N–H and O–H groups in total. The number of anilines is 1. The van der Waals surface area contributed by atoms with E-state index < -0.39 is 0 Å². The zero-order valence-corrected chi connectivity index (χ0v) is 10.5. The monoisotopic (exact) mass is 247 g/mol. The van der Waals surface area contributed by atoms with Crippen molar-refractivity contribution in [1.82, 2.24) is 9.36 Å². The molecule has 3 rings (SSSR count). The molecule has 0 atom stereocenters. The van der Waals surface area contributed by atoms with E-state index in [0.29, 0.717) is 11.0 Å². The average molecular weight is 247 g/mol. The van der Waals surface area contributed by atoms with Crippen LogP contribution in [0, 0.1) is 0 Å². The first kappa shape index (κ1) is 10.5. The van der Waals surface area contributed by atoms with Crippen molar-refractivity contribution in [1.29, 1.82) is 0 Å². The minimum atomic E-state index is -0.153. The first-order chi connectivity index (χ1) is 8.05. The van der Waals surface area contributed by atoms with Crippen LogP contribution in [0.4, 0.5) is 5.13 Å². The van der Waals surface area contributed by atoms with Gasteiger partial charge in [0.1, 0.15) is 11.4 Å². The highest BCUT2D eigenvalue weighted by Gasteiger charge is 2.32. The number of rotatable bonds is 1. The Hall–Kier alpha value is -1.62. The summed E-state index contributed by atoms with van der Waals surface area (Å²) >= 11 is 1.21. The molecule has 2 aromatic rings. The topological polar surface area (TPSA) is 61.0 Å². The first-order valence-electron chi connectivity index (χ1n) is 5.46. The van der Waals surface area contributed by atoms with Gasteiger partial charge in [-0.3, -0.25) is 0 Å². The molecule has 5 heteroatoms. The van der Waals surface area contributed by atoms with Crippen LogP contribution in [0.5, 0.6) is 5.75 Å². The molecule has 0 radical (unpaired) electrons. The van der Waals surface area contributed by atoms with E-state index in [9.17, 15) is 0 Å². The molecule has 0 saturated heterocycles. The number of benzene rings is 1. The van der Waals surface area contributed by atoms with Gasteiger partial charge in [-0.15, -0.1) is 0 Å². The Kier molecular flexibility index (Phi) is 2.13. The van der Waals surface area contributed by atoms with Crippen LogP contribution in [-0.4, -0.2) is 15.0 Å². The number of nitrogen functional groups attached to an aromatic ring is 1. The summed E-state index contributed by atoms with van der Waals surface area (Å²) < 4.78 is 10.2. The van der Waals surface area contributed by atoms with Crippen molar-refractivity contribution < 1.29 is 4.74 Å². The largest absolute Gasteiger partial charge is 0.486 e. The zero-order valence-electron chi connectivity index (χ0n) is 9.73. The van der Waals surface area contributed by atoms with Gasteiger partial charge in [-0.05, 0) is 25.5 Å². The molecule has 0 aliphatic carbocycles. The summed E-state index contributed by atoms with van der Waals surface area (Å²) in [7, 11) is 0. The zero-order chi connectivity index (χ0) is 12.0. The SMILES string of the molecule is CC1(C)Cc2cccc(-c3nsc(N)n3)c2O1. The smallest absolute Gasteiger partial charge is 0.200 e. The third-order valence-electron chi connectivity index (χ3n) is 2.77. The highest BCUT2D eigenvalue weighted by Crippen LogP contribution is 2.41. The lowest BCUT2D eigenvalue weighted by molar-refractivity contribution is 0.139. The van der Waals surface area contributed by atoms with Crippen LogP contribution in [-0.2, 0) is 6.42 Å². The summed E-state index contributed by atoms with van der Waals surface area (Å²) in [5.41, 5.74) is 7.61. The van der Waals surface area contributed by atoms with Crippen molar-refractivity contribution in [3.63, 3.8) is 0 Å². The van der Waals surface area contributed by atoms with E-state index in [1.165, 1.54) is 17.1 Å². The quantitative estimate of drug-likeness (QED) is 0.841. The fourth-order valence-corrected chi connectivity index (χ4v) is 2.58. The van der Waals surface area contributed by atoms with Crippen LogP contribution in [0.15, 0.2) is 18.2 Å². The number of hydrogen-bond acceptors (Lipinski definition) is 5. The molecule has 0 saturated carbocycles. The molecule has 1 aromatic carbocycles. The Balaban J connectivity index is 2.12. The molecule has 0 fully saturated rings. The van der Waals surface area contributed by atoms with Gasteiger partial charge < -0.3 is 10.5 Å². The van der Waals surface area contributed by atoms with E-state index in [-0.39, 0.29) is 5.60 Å². The third-order valence-corrected chi connectivity index (χ3v) is 3.32. The molecule has 0 unspecified atom stereocenters. The molecular weight excluding hydrogens is 234 g/mol. The minimum Gasteiger partial charge on any atom is -0.486 e. The van der Waals surface area contributed by atoms with Gasteiger partial charge in [0.05, 0.1) is 5.56 Å². The summed E-state index contributed by atoms with van der Waals surface area (Å²) in [5, 5.41) is 0.481. The molecule has 2 heterocycles. The van der Waals surface area contributed by atoms with E-state index >= 15 is 0 Å². The van der Waals surface area contributed by atoms with Crippen LogP contribution in [0.1, 0.15) is 19.4 Å². The van der Waals surface area contributed by atoms with E-state index in [0.717, 1.165) is 17.7 Å². The van der Waals surface area contributed by atoms with E-state index in [4.69, 9.17) is 10.5 Å². The highest BCUT2D eigenvalue weighted by atomic mass is 32.1. The average Bonchev–Trinajstić information content (AvgIpc) is 2.78. The van der Waals surface area contributed by atoms with Crippen LogP contribution in [0.3, 0.4) is 0 Å². The summed E-state index contributed by atoms with van der Waals surface area (Å²) in [6.45, 7) is 4.17. The van der Waals surface area contributed by atoms with Gasteiger partial charge in [-0.2, -0.15) is 9.36 Å². The molecule has 0 amide bonds. The maximum atomic E-state index is 5.97. The second-order valence-electron chi connectivity index (χ2n) is 4.79. The molecule has 1 aromatic heterocycles.